The summed E-state index contributed by atoms with van der Waals surface area (Å²) < 4.78 is 22.5. The van der Waals surface area contributed by atoms with Crippen LogP contribution in [0.3, 0.4) is 0 Å². The van der Waals surface area contributed by atoms with Crippen LogP contribution in [0, 0.1) is 0 Å². The molecule has 12 unspecified atom stereocenters. The van der Waals surface area contributed by atoms with Gasteiger partial charge >= 0.3 is 0 Å². The topological polar surface area (TPSA) is 228 Å². The normalized spacial score (nSPS) is 27.8. The molecule has 2 aliphatic rings. The van der Waals surface area contributed by atoms with Crippen LogP contribution < -0.4 is 5.32 Å². The van der Waals surface area contributed by atoms with Gasteiger partial charge in [-0.15, -0.1) is 0 Å². The Morgan fingerprint density at radius 1 is 0.565 bits per heavy atom. The molecule has 62 heavy (non-hydrogen) atoms. The van der Waals surface area contributed by atoms with Gasteiger partial charge in [-0.25, -0.2) is 0 Å². The van der Waals surface area contributed by atoms with Crippen LogP contribution in [0.15, 0.2) is 12.2 Å². The third-order valence-electron chi connectivity index (χ3n) is 12.5. The predicted octanol–water partition coefficient (Wildman–Crippen LogP) is 5.99. The van der Waals surface area contributed by atoms with Crippen molar-refractivity contribution in [2.24, 2.45) is 0 Å². The molecular weight excluding hydrogens is 799 g/mol. The summed E-state index contributed by atoms with van der Waals surface area (Å²) in [5.74, 6) is -0.244. The SMILES string of the molecule is CCCCC/C=C/C(O)C(COC1OC(CO)C(OC2OC(CO)C(O)C(O)C2O)C(O)C1O)NC(=O)CCCCCCCCCCCCCCCCCCCCCCCCC. The van der Waals surface area contributed by atoms with Crippen LogP contribution in [0.25, 0.3) is 0 Å². The van der Waals surface area contributed by atoms with E-state index in [1.807, 2.05) is 6.08 Å². The van der Waals surface area contributed by atoms with Gasteiger partial charge in [-0.3, -0.25) is 4.79 Å². The highest BCUT2D eigenvalue weighted by atomic mass is 16.7. The van der Waals surface area contributed by atoms with Crippen molar-refractivity contribution in [3.63, 3.8) is 0 Å². The summed E-state index contributed by atoms with van der Waals surface area (Å²) in [6.07, 6.45) is 20.5. The smallest absolute Gasteiger partial charge is 0.220 e. The van der Waals surface area contributed by atoms with E-state index in [0.29, 0.717) is 6.42 Å². The molecule has 0 radical (unpaired) electrons. The lowest BCUT2D eigenvalue weighted by Crippen LogP contribution is -2.65. The zero-order valence-electron chi connectivity index (χ0n) is 38.6. The lowest BCUT2D eigenvalue weighted by Gasteiger charge is -2.46. The van der Waals surface area contributed by atoms with E-state index in [0.717, 1.165) is 44.9 Å². The Morgan fingerprint density at radius 3 is 1.48 bits per heavy atom. The minimum absolute atomic E-state index is 0.244. The van der Waals surface area contributed by atoms with Gasteiger partial charge < -0.3 is 65.1 Å². The number of carbonyl (C=O) groups excluding carboxylic acids is 1. The molecule has 2 aliphatic heterocycles. The summed E-state index contributed by atoms with van der Waals surface area (Å²) in [6.45, 7) is 2.67. The number of allylic oxidation sites excluding steroid dienone is 1. The molecule has 2 rings (SSSR count). The minimum Gasteiger partial charge on any atom is -0.394 e. The number of ether oxygens (including phenoxy) is 4. The quantitative estimate of drug-likeness (QED) is 0.0257. The maximum atomic E-state index is 13.0. The first-order valence-electron chi connectivity index (χ1n) is 24.9. The van der Waals surface area contributed by atoms with Crippen molar-refractivity contribution in [2.75, 3.05) is 19.8 Å². The van der Waals surface area contributed by atoms with Crippen LogP contribution in [0.2, 0.25) is 0 Å². The lowest BCUT2D eigenvalue weighted by molar-refractivity contribution is -0.359. The number of rotatable bonds is 38. The molecule has 14 heteroatoms. The first-order chi connectivity index (χ1) is 30.1. The largest absolute Gasteiger partial charge is 0.394 e. The number of carbonyl (C=O) groups is 1. The van der Waals surface area contributed by atoms with Crippen LogP contribution in [0.4, 0.5) is 0 Å². The van der Waals surface area contributed by atoms with E-state index >= 15 is 0 Å². The van der Waals surface area contributed by atoms with Crippen molar-refractivity contribution in [3.05, 3.63) is 12.2 Å². The van der Waals surface area contributed by atoms with E-state index in [2.05, 4.69) is 19.2 Å². The molecule has 2 heterocycles. The van der Waals surface area contributed by atoms with Crippen molar-refractivity contribution in [3.8, 4) is 0 Å². The van der Waals surface area contributed by atoms with E-state index < -0.39 is 86.8 Å². The summed E-state index contributed by atoms with van der Waals surface area (Å²) in [4.78, 5) is 13.0. The summed E-state index contributed by atoms with van der Waals surface area (Å²) >= 11 is 0. The number of hydrogen-bond donors (Lipinski definition) is 9. The van der Waals surface area contributed by atoms with Crippen molar-refractivity contribution in [1.29, 1.82) is 0 Å². The van der Waals surface area contributed by atoms with E-state index in [9.17, 15) is 45.6 Å². The maximum Gasteiger partial charge on any atom is 0.220 e. The van der Waals surface area contributed by atoms with E-state index in [-0.39, 0.29) is 18.9 Å². The number of aliphatic hydroxyl groups is 8. The Balaban J connectivity index is 1.67. The average Bonchev–Trinajstić information content (AvgIpc) is 3.27. The molecule has 0 saturated carbocycles. The predicted molar refractivity (Wildman–Crippen MR) is 240 cm³/mol. The third-order valence-corrected chi connectivity index (χ3v) is 12.5. The monoisotopic (exact) mass is 890 g/mol. The van der Waals surface area contributed by atoms with Gasteiger partial charge in [0.15, 0.2) is 12.6 Å². The van der Waals surface area contributed by atoms with Crippen LogP contribution in [-0.4, -0.2) is 140 Å². The van der Waals surface area contributed by atoms with Gasteiger partial charge in [0.05, 0.1) is 32.0 Å². The molecular formula is C48H91NO13. The second-order valence-corrected chi connectivity index (χ2v) is 18.0. The molecule has 0 aliphatic carbocycles. The molecule has 0 aromatic heterocycles. The van der Waals surface area contributed by atoms with Crippen molar-refractivity contribution < 1.29 is 64.6 Å². The summed E-state index contributed by atoms with van der Waals surface area (Å²) in [5, 5.41) is 86.1. The molecule has 0 spiro atoms. The number of amides is 1. The molecule has 12 atom stereocenters. The van der Waals surface area contributed by atoms with E-state index in [1.54, 1.807) is 6.08 Å². The highest BCUT2D eigenvalue weighted by molar-refractivity contribution is 5.76. The number of hydrogen-bond acceptors (Lipinski definition) is 13. The Morgan fingerprint density at radius 2 is 1.00 bits per heavy atom. The first kappa shape index (κ1) is 56.9. The number of nitrogens with one attached hydrogen (secondary N) is 1. The van der Waals surface area contributed by atoms with Gasteiger partial charge in [0.25, 0.3) is 0 Å². The van der Waals surface area contributed by atoms with Crippen LogP contribution >= 0.6 is 0 Å². The molecule has 2 saturated heterocycles. The van der Waals surface area contributed by atoms with Gasteiger partial charge in [0.1, 0.15) is 48.8 Å². The summed E-state index contributed by atoms with van der Waals surface area (Å²) in [7, 11) is 0. The average molecular weight is 890 g/mol. The Kier molecular flexibility index (Phi) is 32.9. The molecule has 366 valence electrons. The zero-order chi connectivity index (χ0) is 45.4. The molecule has 0 aromatic rings. The highest BCUT2D eigenvalue weighted by Crippen LogP contribution is 2.30. The van der Waals surface area contributed by atoms with Crippen molar-refractivity contribution in [1.82, 2.24) is 5.32 Å². The van der Waals surface area contributed by atoms with Crippen LogP contribution in [0.5, 0.6) is 0 Å². The van der Waals surface area contributed by atoms with E-state index in [1.165, 1.54) is 122 Å². The van der Waals surface area contributed by atoms with Gasteiger partial charge in [-0.1, -0.05) is 180 Å². The number of aliphatic hydroxyl groups excluding tert-OH is 8. The van der Waals surface area contributed by atoms with Crippen LogP contribution in [0.1, 0.15) is 194 Å². The van der Waals surface area contributed by atoms with Gasteiger partial charge in [-0.05, 0) is 19.3 Å². The second kappa shape index (κ2) is 35.9. The fourth-order valence-electron chi connectivity index (χ4n) is 8.35. The van der Waals surface area contributed by atoms with Crippen LogP contribution in [-0.2, 0) is 23.7 Å². The van der Waals surface area contributed by atoms with Crippen molar-refractivity contribution in [2.45, 2.75) is 267 Å². The summed E-state index contributed by atoms with van der Waals surface area (Å²) in [5.41, 5.74) is 0. The maximum absolute atomic E-state index is 13.0. The van der Waals surface area contributed by atoms with Gasteiger partial charge in [-0.2, -0.15) is 0 Å². The van der Waals surface area contributed by atoms with E-state index in [4.69, 9.17) is 18.9 Å². The van der Waals surface area contributed by atoms with Gasteiger partial charge in [0, 0.05) is 6.42 Å². The Hall–Kier alpha value is -1.27. The molecule has 14 nitrogen and oxygen atoms in total. The molecule has 2 fully saturated rings. The second-order valence-electron chi connectivity index (χ2n) is 18.0. The Labute approximate surface area is 374 Å². The highest BCUT2D eigenvalue weighted by Gasteiger charge is 2.51. The minimum atomic E-state index is -1.78. The van der Waals surface area contributed by atoms with Crippen molar-refractivity contribution >= 4 is 5.91 Å². The fourth-order valence-corrected chi connectivity index (χ4v) is 8.35. The number of unbranched alkanes of at least 4 members (excludes halogenated alkanes) is 25. The lowest BCUT2D eigenvalue weighted by atomic mass is 9.97. The molecule has 9 N–H and O–H groups in total. The standard InChI is InChI=1S/C48H91NO13/c1-3-5-7-9-10-11-12-13-14-15-16-17-18-19-20-21-22-23-24-25-26-28-30-32-40(53)49-36(37(52)31-29-27-8-6-4-2)35-59-47-45(58)43(56)46(39(34-51)61-47)62-48-44(57)42(55)41(54)38(33-50)60-48/h29,31,36-39,41-48,50-52,54-58H,3-28,30,32-35H2,1-2H3,(H,49,53)/b31-29+. The molecule has 0 aromatic carbocycles. The fraction of sp³-hybridized carbons (Fsp3) is 0.938. The summed E-state index contributed by atoms with van der Waals surface area (Å²) in [6, 6.07) is -0.905. The van der Waals surface area contributed by atoms with Gasteiger partial charge in [0.2, 0.25) is 5.91 Å². The Bertz CT molecular complexity index is 1100. The molecule has 1 amide bonds. The molecule has 0 bridgehead atoms. The third kappa shape index (κ3) is 23.3. The zero-order valence-corrected chi connectivity index (χ0v) is 38.6. The first-order valence-corrected chi connectivity index (χ1v) is 24.9.